The van der Waals surface area contributed by atoms with Gasteiger partial charge in [0, 0.05) is 5.56 Å². The number of hydrogen-bond acceptors (Lipinski definition) is 5. The van der Waals surface area contributed by atoms with Crippen LogP contribution in [0.4, 0.5) is 5.69 Å². The number of benzene rings is 2. The molecule has 0 aliphatic carbocycles. The predicted octanol–water partition coefficient (Wildman–Crippen LogP) is 4.14. The first-order chi connectivity index (χ1) is 12.5. The molecular weight excluding hydrogens is 332 g/mol. The van der Waals surface area contributed by atoms with Gasteiger partial charge < -0.3 is 9.47 Å². The fraction of sp³-hybridized carbons (Fsp3) is 0.150. The van der Waals surface area contributed by atoms with Crippen molar-refractivity contribution in [3.63, 3.8) is 0 Å². The summed E-state index contributed by atoms with van der Waals surface area (Å²) in [6.45, 7) is 1.95. The lowest BCUT2D eigenvalue weighted by Gasteiger charge is -2.12. The lowest BCUT2D eigenvalue weighted by molar-refractivity contribution is -0.382. The van der Waals surface area contributed by atoms with Crippen LogP contribution in [0.2, 0.25) is 0 Å². The van der Waals surface area contributed by atoms with Crippen LogP contribution in [0.25, 0.3) is 22.0 Å². The number of ether oxygens (including phenoxy) is 2. The summed E-state index contributed by atoms with van der Waals surface area (Å²) >= 11 is 0. The van der Waals surface area contributed by atoms with E-state index >= 15 is 0 Å². The van der Waals surface area contributed by atoms with Crippen molar-refractivity contribution < 1.29 is 14.4 Å². The maximum absolute atomic E-state index is 11.8. The minimum atomic E-state index is -0.429. The van der Waals surface area contributed by atoms with E-state index in [9.17, 15) is 10.1 Å². The monoisotopic (exact) mass is 348 g/mol. The molecule has 3 rings (SSSR count). The number of nitrogens with zero attached hydrogens (tertiary/aromatic N) is 2. The van der Waals surface area contributed by atoms with E-state index in [0.717, 1.165) is 5.56 Å². The molecule has 0 aliphatic rings. The first kappa shape index (κ1) is 17.2. The van der Waals surface area contributed by atoms with Crippen LogP contribution in [0.15, 0.2) is 42.5 Å². The maximum Gasteiger partial charge on any atom is 0.303 e. The van der Waals surface area contributed by atoms with Crippen LogP contribution in [0, 0.1) is 29.4 Å². The zero-order chi connectivity index (χ0) is 18.7. The standard InChI is InChI=1S/C20H16N2O4/c1-4-11-26-20-17-12-15(25-3)9-10-16(17)19(22(23)24)18(21-20)14-7-5-13(2)6-8-14/h1,5-10,12H,11H2,2-3H3. The number of fused-ring (bicyclic) bond motifs is 1. The van der Waals surface area contributed by atoms with Gasteiger partial charge in [0.05, 0.1) is 22.8 Å². The summed E-state index contributed by atoms with van der Waals surface area (Å²) in [5, 5.41) is 12.7. The second-order valence-electron chi connectivity index (χ2n) is 5.64. The summed E-state index contributed by atoms with van der Waals surface area (Å²) in [5.74, 6) is 3.16. The Kier molecular flexibility index (Phi) is 4.72. The topological polar surface area (TPSA) is 74.5 Å². The van der Waals surface area contributed by atoms with Crippen molar-refractivity contribution in [2.75, 3.05) is 13.7 Å². The van der Waals surface area contributed by atoms with E-state index in [1.807, 2.05) is 19.1 Å². The van der Waals surface area contributed by atoms with Crippen molar-refractivity contribution in [2.45, 2.75) is 6.92 Å². The van der Waals surface area contributed by atoms with Crippen molar-refractivity contribution in [3.8, 4) is 35.2 Å². The predicted molar refractivity (Wildman–Crippen MR) is 99.5 cm³/mol. The largest absolute Gasteiger partial charge is 0.497 e. The van der Waals surface area contributed by atoms with Crippen molar-refractivity contribution in [2.24, 2.45) is 0 Å². The highest BCUT2D eigenvalue weighted by molar-refractivity contribution is 6.00. The summed E-state index contributed by atoms with van der Waals surface area (Å²) in [6, 6.07) is 12.3. The summed E-state index contributed by atoms with van der Waals surface area (Å²) in [7, 11) is 1.52. The van der Waals surface area contributed by atoms with Crippen molar-refractivity contribution >= 4 is 16.5 Å². The average molecular weight is 348 g/mol. The van der Waals surface area contributed by atoms with Gasteiger partial charge in [0.2, 0.25) is 5.88 Å². The number of rotatable bonds is 5. The van der Waals surface area contributed by atoms with Crippen LogP contribution in [0.1, 0.15) is 5.56 Å². The fourth-order valence-electron chi connectivity index (χ4n) is 2.69. The molecule has 26 heavy (non-hydrogen) atoms. The molecule has 2 aromatic carbocycles. The molecule has 3 aromatic rings. The number of pyridine rings is 1. The lowest BCUT2D eigenvalue weighted by atomic mass is 10.0. The number of aryl methyl sites for hydroxylation is 1. The van der Waals surface area contributed by atoms with Crippen molar-refractivity contribution in [1.82, 2.24) is 4.98 Å². The van der Waals surface area contributed by atoms with E-state index in [4.69, 9.17) is 15.9 Å². The summed E-state index contributed by atoms with van der Waals surface area (Å²) in [6.07, 6.45) is 5.28. The second kappa shape index (κ2) is 7.11. The Hall–Kier alpha value is -3.59. The number of methoxy groups -OCH3 is 1. The number of nitro groups is 1. The first-order valence-electron chi connectivity index (χ1n) is 7.84. The van der Waals surface area contributed by atoms with Gasteiger partial charge in [-0.1, -0.05) is 35.7 Å². The highest BCUT2D eigenvalue weighted by Gasteiger charge is 2.25. The number of hydrogen-bond donors (Lipinski definition) is 0. The minimum absolute atomic E-state index is 0.00442. The molecule has 0 spiro atoms. The second-order valence-corrected chi connectivity index (χ2v) is 5.64. The highest BCUT2D eigenvalue weighted by atomic mass is 16.6. The van der Waals surface area contributed by atoms with Crippen molar-refractivity contribution in [3.05, 3.63) is 58.1 Å². The normalized spacial score (nSPS) is 10.3. The molecule has 1 heterocycles. The summed E-state index contributed by atoms with van der Waals surface area (Å²) in [5.41, 5.74) is 1.83. The molecule has 1 aromatic heterocycles. The van der Waals surface area contributed by atoms with Gasteiger partial charge in [-0.2, -0.15) is 0 Å². The van der Waals surface area contributed by atoms with Gasteiger partial charge in [0.25, 0.3) is 0 Å². The van der Waals surface area contributed by atoms with Crippen LogP contribution in [-0.4, -0.2) is 23.6 Å². The SMILES string of the molecule is C#CCOc1nc(-c2ccc(C)cc2)c([N+](=O)[O-])c2ccc(OC)cc12. The van der Waals surface area contributed by atoms with E-state index in [1.54, 1.807) is 30.3 Å². The molecule has 6 heteroatoms. The molecule has 0 bridgehead atoms. The molecule has 0 saturated carbocycles. The molecule has 0 saturated heterocycles. The van der Waals surface area contributed by atoms with Crippen LogP contribution in [0.5, 0.6) is 11.6 Å². The van der Waals surface area contributed by atoms with Gasteiger partial charge in [-0.05, 0) is 25.1 Å². The Balaban J connectivity index is 2.36. The zero-order valence-corrected chi connectivity index (χ0v) is 14.4. The quantitative estimate of drug-likeness (QED) is 0.393. The third kappa shape index (κ3) is 3.15. The zero-order valence-electron chi connectivity index (χ0n) is 14.4. The lowest BCUT2D eigenvalue weighted by Crippen LogP contribution is -2.02. The molecule has 0 atom stereocenters. The molecule has 0 radical (unpaired) electrons. The Morgan fingerprint density at radius 3 is 2.54 bits per heavy atom. The molecule has 0 amide bonds. The van der Waals surface area contributed by atoms with Crippen LogP contribution in [0.3, 0.4) is 0 Å². The van der Waals surface area contributed by atoms with Gasteiger partial charge in [0.1, 0.15) is 5.75 Å². The van der Waals surface area contributed by atoms with Crippen LogP contribution in [-0.2, 0) is 0 Å². The summed E-state index contributed by atoms with van der Waals surface area (Å²) in [4.78, 5) is 15.8. The molecule has 0 fully saturated rings. The molecule has 0 aliphatic heterocycles. The first-order valence-corrected chi connectivity index (χ1v) is 7.84. The Morgan fingerprint density at radius 1 is 1.19 bits per heavy atom. The average Bonchev–Trinajstić information content (AvgIpc) is 2.65. The highest BCUT2D eigenvalue weighted by Crippen LogP contribution is 2.40. The van der Waals surface area contributed by atoms with Gasteiger partial charge in [-0.15, -0.1) is 6.42 Å². The Bertz CT molecular complexity index is 1020. The fourth-order valence-corrected chi connectivity index (χ4v) is 2.69. The Labute approximate surface area is 150 Å². The third-order valence-electron chi connectivity index (χ3n) is 3.95. The van der Waals surface area contributed by atoms with Crippen LogP contribution >= 0.6 is 0 Å². The Morgan fingerprint density at radius 2 is 1.92 bits per heavy atom. The van der Waals surface area contributed by atoms with Crippen molar-refractivity contribution in [1.29, 1.82) is 0 Å². The van der Waals surface area contributed by atoms with E-state index < -0.39 is 4.92 Å². The van der Waals surface area contributed by atoms with E-state index in [1.165, 1.54) is 7.11 Å². The minimum Gasteiger partial charge on any atom is -0.497 e. The van der Waals surface area contributed by atoms with Gasteiger partial charge in [0.15, 0.2) is 12.3 Å². The third-order valence-corrected chi connectivity index (χ3v) is 3.95. The van der Waals surface area contributed by atoms with E-state index in [-0.39, 0.29) is 23.9 Å². The number of terminal acetylenes is 1. The molecular formula is C20H16N2O4. The number of aromatic nitrogens is 1. The summed E-state index contributed by atoms with van der Waals surface area (Å²) < 4.78 is 10.8. The maximum atomic E-state index is 11.8. The van der Waals surface area contributed by atoms with Gasteiger partial charge >= 0.3 is 5.69 Å². The molecule has 0 unspecified atom stereocenters. The van der Waals surface area contributed by atoms with Crippen LogP contribution < -0.4 is 9.47 Å². The smallest absolute Gasteiger partial charge is 0.303 e. The molecule has 6 nitrogen and oxygen atoms in total. The van der Waals surface area contributed by atoms with E-state index in [2.05, 4.69) is 10.9 Å². The van der Waals surface area contributed by atoms with E-state index in [0.29, 0.717) is 22.1 Å². The van der Waals surface area contributed by atoms with Gasteiger partial charge in [-0.3, -0.25) is 10.1 Å². The molecule has 130 valence electrons. The van der Waals surface area contributed by atoms with Gasteiger partial charge in [-0.25, -0.2) is 4.98 Å². The molecule has 0 N–H and O–H groups in total.